The molecule has 14 unspecified atom stereocenters. The van der Waals surface area contributed by atoms with E-state index in [9.17, 15) is 10.2 Å². The largest absolute Gasteiger partial charge is 0.506 e. The Morgan fingerprint density at radius 1 is 0.333 bits per heavy atom. The number of benzene rings is 4. The van der Waals surface area contributed by atoms with Crippen LogP contribution in [0.5, 0.6) is 34.5 Å². The Bertz CT molecular complexity index is 3430. The molecule has 24 aliphatic carbocycles. The summed E-state index contributed by atoms with van der Waals surface area (Å²) in [7, 11) is 0. The number of para-hydroxylation sites is 2. The fourth-order valence-corrected chi connectivity index (χ4v) is 36.3. The highest BCUT2D eigenvalue weighted by molar-refractivity contribution is 5.61. The van der Waals surface area contributed by atoms with Crippen molar-refractivity contribution in [2.75, 3.05) is 11.5 Å². The third-order valence-electron chi connectivity index (χ3n) is 34.6. The van der Waals surface area contributed by atoms with E-state index in [-0.39, 0.29) is 22.3 Å². The van der Waals surface area contributed by atoms with Crippen LogP contribution in [0.15, 0.2) is 84.9 Å². The summed E-state index contributed by atoms with van der Waals surface area (Å²) in [4.78, 5) is 0. The molecule has 0 aromatic heterocycles. The predicted octanol–water partition coefficient (Wildman–Crippen LogP) is 19.9. The van der Waals surface area contributed by atoms with Gasteiger partial charge in [0, 0.05) is 28.7 Å². The molecule has 24 saturated carbocycles. The van der Waals surface area contributed by atoms with Gasteiger partial charge in [0.05, 0.1) is 11.4 Å². The Morgan fingerprint density at radius 2 is 0.667 bits per heavy atom. The first-order valence-corrected chi connectivity index (χ1v) is 38.5. The summed E-state index contributed by atoms with van der Waals surface area (Å²) < 4.78 is 15.0. The summed E-state index contributed by atoms with van der Waals surface area (Å²) in [5, 5.41) is 22.6. The predicted molar refractivity (Wildman–Crippen MR) is 353 cm³/mol. The molecule has 14 atom stereocenters. The minimum atomic E-state index is -0.436. The molecule has 24 fully saturated rings. The van der Waals surface area contributed by atoms with Crippen LogP contribution in [0.4, 0.5) is 11.4 Å². The first-order valence-electron chi connectivity index (χ1n) is 38.5. The van der Waals surface area contributed by atoms with Crippen LogP contribution in [0.25, 0.3) is 0 Å². The number of aromatic hydroxyl groups is 2. The average Bonchev–Trinajstić information content (AvgIpc) is 0.641. The maximum atomic E-state index is 11.3. The number of rotatable bonds is 11. The van der Waals surface area contributed by atoms with E-state index in [2.05, 4.69) is 48.5 Å². The van der Waals surface area contributed by atoms with Crippen LogP contribution >= 0.6 is 0 Å². The second-order valence-electron chi connectivity index (χ2n) is 38.5. The molecule has 6 nitrogen and oxygen atoms in total. The van der Waals surface area contributed by atoms with Crippen molar-refractivity contribution in [2.24, 2.45) is 163 Å². The monoisotopic (exact) mass is 1200 g/mol. The zero-order chi connectivity index (χ0) is 59.2. The van der Waals surface area contributed by atoms with Crippen molar-refractivity contribution in [3.63, 3.8) is 0 Å². The molecule has 28 rings (SSSR count). The summed E-state index contributed by atoms with van der Waals surface area (Å²) in [5.74, 6) is 23.1. The lowest BCUT2D eigenvalue weighted by Crippen LogP contribution is -2.77. The topological polar surface area (TPSA) is 111 Å². The molecule has 0 amide bonds. The van der Waals surface area contributed by atoms with Gasteiger partial charge in [0.2, 0.25) is 0 Å². The number of ether oxygens (including phenoxy) is 2. The maximum Gasteiger partial charge on any atom is 0.142 e. The highest BCUT2D eigenvalue weighted by Gasteiger charge is 2.83. The van der Waals surface area contributed by atoms with Gasteiger partial charge in [0.1, 0.15) is 34.5 Å². The van der Waals surface area contributed by atoms with Gasteiger partial charge in [0.25, 0.3) is 0 Å². The summed E-state index contributed by atoms with van der Waals surface area (Å²) in [6.45, 7) is 0. The van der Waals surface area contributed by atoms with Crippen molar-refractivity contribution in [2.45, 2.75) is 204 Å². The number of hydrogen-bond donors (Lipinski definition) is 4. The lowest BCUT2D eigenvalue weighted by atomic mass is 9.20. The second kappa shape index (κ2) is 18.2. The SMILES string of the molecule is Nc1ccc(Oc2ccccc2C2(c3ccccc3Oc3ccc(N)c(O)c3)C3CC4CC(C3)CC2(C23CC5CC(CC(C5)C2C25CC6CC(CC(C6)C2C26CC7CC(CC(C7)C2C27CC8CC(CC(C8)C2C28CC9CC(CC(C9)C2)C8)C7)C6)C5)C3)C4)cc1O. The number of hydrogen-bond acceptors (Lipinski definition) is 6. The van der Waals surface area contributed by atoms with E-state index in [1.165, 1.54) is 81.8 Å². The fourth-order valence-electron chi connectivity index (χ4n) is 36.3. The Balaban J connectivity index is 0.778. The molecule has 6 N–H and O–H groups in total. The van der Waals surface area contributed by atoms with Crippen LogP contribution in [-0.4, -0.2) is 10.2 Å². The van der Waals surface area contributed by atoms with Gasteiger partial charge in [-0.25, -0.2) is 0 Å². The summed E-state index contributed by atoms with van der Waals surface area (Å²) >= 11 is 0. The molecule has 90 heavy (non-hydrogen) atoms. The first-order chi connectivity index (χ1) is 43.8. The third kappa shape index (κ3) is 6.86. The van der Waals surface area contributed by atoms with Crippen molar-refractivity contribution >= 4 is 11.4 Å². The molecular formula is C84H104N2O4. The van der Waals surface area contributed by atoms with E-state index in [1.54, 1.807) is 141 Å². The van der Waals surface area contributed by atoms with Crippen molar-refractivity contribution in [3.05, 3.63) is 96.1 Å². The zero-order valence-corrected chi connectivity index (χ0v) is 54.1. The maximum absolute atomic E-state index is 11.3. The van der Waals surface area contributed by atoms with Gasteiger partial charge in [-0.05, 0) is 398 Å². The normalized spacial score (nSPS) is 52.0. The first kappa shape index (κ1) is 54.0. The summed E-state index contributed by atoms with van der Waals surface area (Å²) in [6, 6.07) is 30.0. The second-order valence-corrected chi connectivity index (χ2v) is 38.5. The number of nitrogen functional groups attached to an aromatic ring is 2. The van der Waals surface area contributed by atoms with Gasteiger partial charge in [-0.1, -0.05) is 36.4 Å². The highest BCUT2D eigenvalue weighted by Crippen LogP contribution is 2.90. The van der Waals surface area contributed by atoms with Gasteiger partial charge < -0.3 is 31.2 Å². The molecule has 4 aromatic carbocycles. The van der Waals surface area contributed by atoms with Crippen LogP contribution in [0.1, 0.15) is 210 Å². The van der Waals surface area contributed by atoms with Gasteiger partial charge in [-0.15, -0.1) is 0 Å². The Kier molecular flexibility index (Phi) is 10.9. The van der Waals surface area contributed by atoms with Gasteiger partial charge in [0.15, 0.2) is 0 Å². The quantitative estimate of drug-likeness (QED) is 0.0880. The van der Waals surface area contributed by atoms with E-state index >= 15 is 0 Å². The minimum absolute atomic E-state index is 0.0425. The Labute approximate surface area is 537 Å². The molecule has 0 saturated heterocycles. The van der Waals surface area contributed by atoms with E-state index in [4.69, 9.17) is 20.9 Å². The van der Waals surface area contributed by atoms with E-state index in [0.717, 1.165) is 136 Å². The lowest BCUT2D eigenvalue weighted by Gasteiger charge is -2.83. The van der Waals surface area contributed by atoms with Gasteiger partial charge in [-0.2, -0.15) is 0 Å². The molecule has 0 aliphatic heterocycles. The summed E-state index contributed by atoms with van der Waals surface area (Å²) in [5.41, 5.74) is 18.0. The summed E-state index contributed by atoms with van der Waals surface area (Å²) in [6.07, 6.45) is 47.6. The average molecular weight is 1210 g/mol. The van der Waals surface area contributed by atoms with Crippen LogP contribution in [-0.2, 0) is 5.41 Å². The van der Waals surface area contributed by atoms with Crippen LogP contribution in [0, 0.1) is 163 Å². The van der Waals surface area contributed by atoms with Crippen molar-refractivity contribution < 1.29 is 19.7 Å². The van der Waals surface area contributed by atoms with Crippen LogP contribution in [0.3, 0.4) is 0 Å². The molecule has 0 radical (unpaired) electrons. The molecule has 4 aromatic rings. The molecule has 0 spiro atoms. The minimum Gasteiger partial charge on any atom is -0.506 e. The molecule has 0 heterocycles. The molecule has 474 valence electrons. The van der Waals surface area contributed by atoms with E-state index < -0.39 is 5.41 Å². The molecule has 24 bridgehead atoms. The standard InChI is InChI=1S/C84H104N2O4/c85-68-11-9-64(31-70(68)87)89-72-7-3-1-5-66(72)84(67-6-2-4-8-73(67)90-65-10-12-69(86)71(88)32-65)63-29-57-20-58(30-63)45-83(84,44-57)82-42-55-19-56(43-82)28-62(27-55)77(82)81-40-53-18-54(41-81)26-61(25-53)76(81)80-38-51-17-52(39-80)24-60(23-51)75(80)79-36-49-16-50(37-79)22-59(21-49)74(79)78-33-46-13-47(34-78)15-48(14-46)35-78/h1-12,31-32,46-63,74-77,87-88H,13-30,33-45,85-86H2. The van der Waals surface area contributed by atoms with Crippen LogP contribution < -0.4 is 20.9 Å². The zero-order valence-electron chi connectivity index (χ0n) is 54.1. The number of anilines is 2. The number of phenolic OH excluding ortho intramolecular Hbond substituents is 2. The smallest absolute Gasteiger partial charge is 0.142 e. The van der Waals surface area contributed by atoms with Gasteiger partial charge >= 0.3 is 0 Å². The van der Waals surface area contributed by atoms with Crippen molar-refractivity contribution in [3.8, 4) is 34.5 Å². The van der Waals surface area contributed by atoms with Crippen LogP contribution in [0.2, 0.25) is 0 Å². The van der Waals surface area contributed by atoms with Crippen molar-refractivity contribution in [1.29, 1.82) is 0 Å². The highest BCUT2D eigenvalue weighted by atomic mass is 16.5. The van der Waals surface area contributed by atoms with E-state index in [0.29, 0.717) is 50.5 Å². The number of nitrogens with two attached hydrogens (primary N) is 2. The van der Waals surface area contributed by atoms with E-state index in [1.807, 2.05) is 24.3 Å². The number of phenols is 2. The lowest BCUT2D eigenvalue weighted by molar-refractivity contribution is -0.342. The fraction of sp³-hybridized carbons (Fsp3) is 0.714. The van der Waals surface area contributed by atoms with Crippen molar-refractivity contribution in [1.82, 2.24) is 0 Å². The molecule has 24 aliphatic rings. The van der Waals surface area contributed by atoms with Gasteiger partial charge in [-0.3, -0.25) is 0 Å². The Hall–Kier alpha value is -4.32. The Morgan fingerprint density at radius 3 is 1.08 bits per heavy atom. The third-order valence-corrected chi connectivity index (χ3v) is 34.6. The molecule has 6 heteroatoms. The molecular weight excluding hydrogens is 1100 g/mol.